The zero-order valence-electron chi connectivity index (χ0n) is 20.8. The van der Waals surface area contributed by atoms with Crippen molar-refractivity contribution in [1.29, 1.82) is 0 Å². The van der Waals surface area contributed by atoms with E-state index in [1.807, 2.05) is 13.8 Å². The number of carboxylic acids is 2. The van der Waals surface area contributed by atoms with Gasteiger partial charge in [-0.15, -0.1) is 0 Å². The average molecular weight is 445 g/mol. The first-order chi connectivity index (χ1) is 15.1. The van der Waals surface area contributed by atoms with E-state index in [0.29, 0.717) is 0 Å². The average Bonchev–Trinajstić information content (AvgIpc) is 3.51. The molecular weight excluding hydrogens is 400 g/mol. The van der Waals surface area contributed by atoms with Crippen molar-refractivity contribution in [2.45, 2.75) is 118 Å². The third-order valence-electron chi connectivity index (χ3n) is 7.53. The van der Waals surface area contributed by atoms with E-state index in [9.17, 15) is 19.8 Å². The molecule has 0 aromatic heterocycles. The normalized spacial score (nSPS) is 15.0. The number of carbonyl (C=O) groups is 2. The SMILES string of the molecule is Cc1cc(C)c(CCCCCCC2(C(=O)O)CC2)cc1CCCCCCC(C)(C)C(=O)O. The molecular formula is C28H44O4. The van der Waals surface area contributed by atoms with Crippen LogP contribution >= 0.6 is 0 Å². The summed E-state index contributed by atoms with van der Waals surface area (Å²) in [6.45, 7) is 8.04. The zero-order chi connectivity index (χ0) is 23.8. The summed E-state index contributed by atoms with van der Waals surface area (Å²) in [6, 6.07) is 4.73. The molecule has 4 heteroatoms. The van der Waals surface area contributed by atoms with Gasteiger partial charge in [0, 0.05) is 0 Å². The number of unbranched alkanes of at least 4 members (excludes halogenated alkanes) is 6. The predicted molar refractivity (Wildman–Crippen MR) is 130 cm³/mol. The Morgan fingerprint density at radius 3 is 1.78 bits per heavy atom. The summed E-state index contributed by atoms with van der Waals surface area (Å²) in [6.07, 6.45) is 14.4. The van der Waals surface area contributed by atoms with Crippen LogP contribution in [0.3, 0.4) is 0 Å². The predicted octanol–water partition coefficient (Wildman–Crippen LogP) is 7.27. The molecule has 4 nitrogen and oxygen atoms in total. The van der Waals surface area contributed by atoms with Crippen molar-refractivity contribution < 1.29 is 19.8 Å². The summed E-state index contributed by atoms with van der Waals surface area (Å²) in [4.78, 5) is 22.4. The van der Waals surface area contributed by atoms with Crippen LogP contribution in [0, 0.1) is 24.7 Å². The third kappa shape index (κ3) is 7.94. The monoisotopic (exact) mass is 444 g/mol. The van der Waals surface area contributed by atoms with Crippen LogP contribution in [-0.2, 0) is 22.4 Å². The number of carboxylic acid groups (broad SMARTS) is 2. The van der Waals surface area contributed by atoms with Crippen LogP contribution in [0.25, 0.3) is 0 Å². The Balaban J connectivity index is 1.68. The Morgan fingerprint density at radius 1 is 0.812 bits per heavy atom. The van der Waals surface area contributed by atoms with Crippen molar-refractivity contribution in [1.82, 2.24) is 0 Å². The van der Waals surface area contributed by atoms with E-state index in [1.165, 1.54) is 35.1 Å². The third-order valence-corrected chi connectivity index (χ3v) is 7.53. The number of hydrogen-bond acceptors (Lipinski definition) is 2. The lowest BCUT2D eigenvalue weighted by atomic mass is 9.87. The van der Waals surface area contributed by atoms with Crippen molar-refractivity contribution in [3.63, 3.8) is 0 Å². The van der Waals surface area contributed by atoms with E-state index < -0.39 is 17.4 Å². The molecule has 0 unspecified atom stereocenters. The number of benzene rings is 1. The van der Waals surface area contributed by atoms with Gasteiger partial charge < -0.3 is 10.2 Å². The van der Waals surface area contributed by atoms with Gasteiger partial charge >= 0.3 is 11.9 Å². The molecule has 1 aromatic rings. The molecule has 1 fully saturated rings. The number of hydrogen-bond donors (Lipinski definition) is 2. The van der Waals surface area contributed by atoms with Crippen LogP contribution in [0.15, 0.2) is 12.1 Å². The molecule has 0 radical (unpaired) electrons. The first kappa shape index (κ1) is 26.4. The number of aryl methyl sites for hydroxylation is 4. The van der Waals surface area contributed by atoms with Gasteiger partial charge in [-0.3, -0.25) is 9.59 Å². The summed E-state index contributed by atoms with van der Waals surface area (Å²) < 4.78 is 0. The Bertz CT molecular complexity index is 725. The van der Waals surface area contributed by atoms with Crippen molar-refractivity contribution in [2.24, 2.45) is 10.8 Å². The van der Waals surface area contributed by atoms with E-state index in [-0.39, 0.29) is 5.41 Å². The molecule has 0 aliphatic heterocycles. The van der Waals surface area contributed by atoms with Gasteiger partial charge in [0.2, 0.25) is 0 Å². The molecule has 0 saturated heterocycles. The molecule has 0 amide bonds. The maximum absolute atomic E-state index is 11.3. The highest BCUT2D eigenvalue weighted by Crippen LogP contribution is 2.50. The smallest absolute Gasteiger partial charge is 0.309 e. The van der Waals surface area contributed by atoms with Crippen LogP contribution in [0.1, 0.15) is 113 Å². The quantitative estimate of drug-likeness (QED) is 0.263. The lowest BCUT2D eigenvalue weighted by Gasteiger charge is -2.18. The molecule has 180 valence electrons. The van der Waals surface area contributed by atoms with E-state index in [2.05, 4.69) is 26.0 Å². The first-order valence-electron chi connectivity index (χ1n) is 12.6. The van der Waals surface area contributed by atoms with Gasteiger partial charge in [-0.05, 0) is 101 Å². The molecule has 0 heterocycles. The summed E-state index contributed by atoms with van der Waals surface area (Å²) in [7, 11) is 0. The van der Waals surface area contributed by atoms with Crippen LogP contribution in [-0.4, -0.2) is 22.2 Å². The summed E-state index contributed by atoms with van der Waals surface area (Å²) in [5.41, 5.74) is 4.69. The van der Waals surface area contributed by atoms with Crippen molar-refractivity contribution >= 4 is 11.9 Å². The minimum Gasteiger partial charge on any atom is -0.481 e. The molecule has 1 aliphatic carbocycles. The maximum Gasteiger partial charge on any atom is 0.309 e. The minimum absolute atomic E-state index is 0.366. The second-order valence-corrected chi connectivity index (χ2v) is 10.8. The van der Waals surface area contributed by atoms with Gasteiger partial charge in [-0.25, -0.2) is 0 Å². The molecule has 0 atom stereocenters. The fourth-order valence-electron chi connectivity index (χ4n) is 4.68. The molecule has 1 aliphatic rings. The van der Waals surface area contributed by atoms with Crippen molar-refractivity contribution in [2.75, 3.05) is 0 Å². The van der Waals surface area contributed by atoms with Gasteiger partial charge in [-0.2, -0.15) is 0 Å². The van der Waals surface area contributed by atoms with Crippen molar-refractivity contribution in [3.8, 4) is 0 Å². The topological polar surface area (TPSA) is 74.6 Å². The van der Waals surface area contributed by atoms with Gasteiger partial charge in [0.05, 0.1) is 10.8 Å². The van der Waals surface area contributed by atoms with E-state index in [0.717, 1.165) is 77.0 Å². The van der Waals surface area contributed by atoms with E-state index in [4.69, 9.17) is 0 Å². The Kier molecular flexibility index (Phi) is 9.79. The van der Waals surface area contributed by atoms with E-state index >= 15 is 0 Å². The highest BCUT2D eigenvalue weighted by atomic mass is 16.4. The minimum atomic E-state index is -0.701. The number of aliphatic carboxylic acids is 2. The molecule has 0 spiro atoms. The van der Waals surface area contributed by atoms with Crippen LogP contribution in [0.5, 0.6) is 0 Å². The highest BCUT2D eigenvalue weighted by molar-refractivity contribution is 5.77. The highest BCUT2D eigenvalue weighted by Gasteiger charge is 2.49. The molecule has 32 heavy (non-hydrogen) atoms. The zero-order valence-corrected chi connectivity index (χ0v) is 20.8. The van der Waals surface area contributed by atoms with Crippen LogP contribution < -0.4 is 0 Å². The largest absolute Gasteiger partial charge is 0.481 e. The Labute approximate surface area is 194 Å². The lowest BCUT2D eigenvalue weighted by molar-refractivity contribution is -0.147. The Morgan fingerprint density at radius 2 is 1.31 bits per heavy atom. The fraction of sp³-hybridized carbons (Fsp3) is 0.714. The van der Waals surface area contributed by atoms with Gasteiger partial charge in [-0.1, -0.05) is 50.7 Å². The second kappa shape index (κ2) is 11.9. The fourth-order valence-corrected chi connectivity index (χ4v) is 4.68. The lowest BCUT2D eigenvalue weighted by Crippen LogP contribution is -2.23. The summed E-state index contributed by atoms with van der Waals surface area (Å²) >= 11 is 0. The van der Waals surface area contributed by atoms with Crippen LogP contribution in [0.4, 0.5) is 0 Å². The molecule has 1 aromatic carbocycles. The standard InChI is InChI=1S/C28H44O4/c1-21-19-22(2)24(14-10-6-8-12-16-28(17-18-28)26(31)32)20-23(21)13-9-5-7-11-15-27(3,4)25(29)30/h19-20H,5-18H2,1-4H3,(H,29,30)(H,31,32). The van der Waals surface area contributed by atoms with Gasteiger partial charge in [0.15, 0.2) is 0 Å². The first-order valence-corrected chi connectivity index (χ1v) is 12.6. The maximum atomic E-state index is 11.3. The summed E-state index contributed by atoms with van der Waals surface area (Å²) in [5.74, 6) is -1.29. The molecule has 2 rings (SSSR count). The molecule has 2 N–H and O–H groups in total. The van der Waals surface area contributed by atoms with Crippen LogP contribution in [0.2, 0.25) is 0 Å². The molecule has 1 saturated carbocycles. The van der Waals surface area contributed by atoms with Gasteiger partial charge in [0.25, 0.3) is 0 Å². The second-order valence-electron chi connectivity index (χ2n) is 10.8. The number of rotatable bonds is 16. The summed E-state index contributed by atoms with van der Waals surface area (Å²) in [5, 5.41) is 18.5. The van der Waals surface area contributed by atoms with Crippen molar-refractivity contribution in [3.05, 3.63) is 34.4 Å². The van der Waals surface area contributed by atoms with Gasteiger partial charge in [0.1, 0.15) is 0 Å². The molecule has 0 bridgehead atoms. The van der Waals surface area contributed by atoms with E-state index in [1.54, 1.807) is 0 Å². The Hall–Kier alpha value is -1.84.